The fourth-order valence-corrected chi connectivity index (χ4v) is 3.13. The lowest BCUT2D eigenvalue weighted by atomic mass is 9.87. The van der Waals surface area contributed by atoms with E-state index < -0.39 is 0 Å². The summed E-state index contributed by atoms with van der Waals surface area (Å²) in [5, 5.41) is 2.31. The molecule has 0 amide bonds. The van der Waals surface area contributed by atoms with Gasteiger partial charge < -0.3 is 4.74 Å². The lowest BCUT2D eigenvalue weighted by Gasteiger charge is -2.27. The summed E-state index contributed by atoms with van der Waals surface area (Å²) in [6, 6.07) is 14.3. The molecule has 20 heavy (non-hydrogen) atoms. The Morgan fingerprint density at radius 1 is 1.10 bits per heavy atom. The summed E-state index contributed by atoms with van der Waals surface area (Å²) in [6.07, 6.45) is 3.46. The smallest absolute Gasteiger partial charge is 0.314 e. The van der Waals surface area contributed by atoms with Crippen molar-refractivity contribution in [3.63, 3.8) is 0 Å². The normalized spacial score (nSPS) is 23.1. The lowest BCUT2D eigenvalue weighted by Crippen LogP contribution is -2.28. The highest BCUT2D eigenvalue weighted by atomic mass is 79.9. The number of carbonyl (C=O) groups is 1. The van der Waals surface area contributed by atoms with Crippen LogP contribution in [0.2, 0.25) is 0 Å². The molecule has 0 aliphatic carbocycles. The Hall–Kier alpha value is -1.61. The molecule has 0 N–H and O–H groups in total. The van der Waals surface area contributed by atoms with Crippen molar-refractivity contribution in [3.05, 3.63) is 59.1 Å². The minimum Gasteiger partial charge on any atom is -0.458 e. The predicted molar refractivity (Wildman–Crippen MR) is 83.9 cm³/mol. The zero-order valence-electron chi connectivity index (χ0n) is 11.0. The van der Waals surface area contributed by atoms with Gasteiger partial charge in [-0.25, -0.2) is 0 Å². The van der Waals surface area contributed by atoms with Gasteiger partial charge in [-0.15, -0.1) is 0 Å². The third-order valence-electron chi connectivity index (χ3n) is 3.78. The van der Waals surface area contributed by atoms with Gasteiger partial charge >= 0.3 is 5.97 Å². The summed E-state index contributed by atoms with van der Waals surface area (Å²) in [5.74, 6) is -0.274. The lowest BCUT2D eigenvalue weighted by molar-refractivity contribution is -0.153. The Morgan fingerprint density at radius 2 is 1.90 bits per heavy atom. The molecule has 3 rings (SSSR count). The second-order valence-corrected chi connectivity index (χ2v) is 5.52. The van der Waals surface area contributed by atoms with E-state index in [0.29, 0.717) is 0 Å². The Morgan fingerprint density at radius 3 is 2.70 bits per heavy atom. The maximum absolute atomic E-state index is 12.3. The van der Waals surface area contributed by atoms with E-state index in [1.165, 1.54) is 5.39 Å². The Bertz CT molecular complexity index is 658. The minimum atomic E-state index is -0.152. The standard InChI is InChI=1S/C17H15BrO2/c18-11-10-13-8-9-16(17(19)20-13)15-7-3-5-12-4-1-2-6-14(12)15/h1-7,10-11,13,16H,8-9H2/b11-10+. The van der Waals surface area contributed by atoms with Crippen molar-refractivity contribution in [1.29, 1.82) is 0 Å². The molecular weight excluding hydrogens is 316 g/mol. The molecule has 2 unspecified atom stereocenters. The molecule has 0 bridgehead atoms. The van der Waals surface area contributed by atoms with Crippen molar-refractivity contribution in [2.75, 3.05) is 0 Å². The molecule has 1 heterocycles. The van der Waals surface area contributed by atoms with Crippen LogP contribution in [0.25, 0.3) is 10.8 Å². The van der Waals surface area contributed by atoms with Crippen LogP contribution in [0.3, 0.4) is 0 Å². The highest BCUT2D eigenvalue weighted by Gasteiger charge is 2.30. The van der Waals surface area contributed by atoms with Gasteiger partial charge in [0.05, 0.1) is 5.92 Å². The van der Waals surface area contributed by atoms with Gasteiger partial charge in [0.15, 0.2) is 0 Å². The molecule has 0 radical (unpaired) electrons. The highest BCUT2D eigenvalue weighted by molar-refractivity contribution is 9.11. The van der Waals surface area contributed by atoms with Gasteiger partial charge in [-0.3, -0.25) is 4.79 Å². The molecule has 1 fully saturated rings. The minimum absolute atomic E-state index is 0.104. The fourth-order valence-electron chi connectivity index (χ4n) is 2.79. The Kier molecular flexibility index (Phi) is 3.88. The molecule has 3 heteroatoms. The van der Waals surface area contributed by atoms with E-state index in [4.69, 9.17) is 4.74 Å². The van der Waals surface area contributed by atoms with Crippen molar-refractivity contribution >= 4 is 32.7 Å². The number of cyclic esters (lactones) is 1. The summed E-state index contributed by atoms with van der Waals surface area (Å²) >= 11 is 3.23. The molecular formula is C17H15BrO2. The van der Waals surface area contributed by atoms with Crippen molar-refractivity contribution < 1.29 is 9.53 Å². The van der Waals surface area contributed by atoms with Crippen LogP contribution in [0.5, 0.6) is 0 Å². The van der Waals surface area contributed by atoms with E-state index in [-0.39, 0.29) is 18.0 Å². The number of rotatable bonds is 2. The first kappa shape index (κ1) is 13.4. The number of halogens is 1. The summed E-state index contributed by atoms with van der Waals surface area (Å²) in [4.78, 5) is 14.0. The van der Waals surface area contributed by atoms with Crippen LogP contribution in [0.15, 0.2) is 53.5 Å². The first-order valence-electron chi connectivity index (χ1n) is 6.74. The maximum Gasteiger partial charge on any atom is 0.314 e. The van der Waals surface area contributed by atoms with E-state index >= 15 is 0 Å². The van der Waals surface area contributed by atoms with Crippen LogP contribution in [0.4, 0.5) is 0 Å². The molecule has 0 saturated carbocycles. The van der Waals surface area contributed by atoms with E-state index in [9.17, 15) is 4.79 Å². The molecule has 1 aliphatic heterocycles. The molecule has 2 aromatic rings. The van der Waals surface area contributed by atoms with E-state index in [2.05, 4.69) is 34.1 Å². The number of carbonyl (C=O) groups excluding carboxylic acids is 1. The molecule has 2 atom stereocenters. The van der Waals surface area contributed by atoms with Crippen LogP contribution in [0.1, 0.15) is 24.3 Å². The van der Waals surface area contributed by atoms with Crippen molar-refractivity contribution in [3.8, 4) is 0 Å². The molecule has 102 valence electrons. The van der Waals surface area contributed by atoms with Crippen molar-refractivity contribution in [1.82, 2.24) is 0 Å². The zero-order valence-corrected chi connectivity index (χ0v) is 12.5. The first-order chi connectivity index (χ1) is 9.79. The van der Waals surface area contributed by atoms with Gasteiger partial charge in [0.1, 0.15) is 6.10 Å². The van der Waals surface area contributed by atoms with Gasteiger partial charge in [0, 0.05) is 0 Å². The predicted octanol–water partition coefficient (Wildman–Crippen LogP) is 4.54. The van der Waals surface area contributed by atoms with E-state index in [1.54, 1.807) is 4.99 Å². The zero-order chi connectivity index (χ0) is 13.9. The average Bonchev–Trinajstić information content (AvgIpc) is 2.47. The summed E-state index contributed by atoms with van der Waals surface area (Å²) in [5.41, 5.74) is 1.08. The number of esters is 1. The number of fused-ring (bicyclic) bond motifs is 1. The van der Waals surface area contributed by atoms with Gasteiger partial charge in [-0.05, 0) is 40.2 Å². The third-order valence-corrected chi connectivity index (χ3v) is 4.08. The van der Waals surface area contributed by atoms with E-state index in [1.807, 2.05) is 30.3 Å². The molecule has 2 aromatic carbocycles. The monoisotopic (exact) mass is 330 g/mol. The maximum atomic E-state index is 12.3. The molecule has 0 spiro atoms. The molecule has 0 aromatic heterocycles. The highest BCUT2D eigenvalue weighted by Crippen LogP contribution is 2.34. The van der Waals surface area contributed by atoms with Crippen LogP contribution in [-0.2, 0) is 9.53 Å². The molecule has 1 aliphatic rings. The Labute approximate surface area is 126 Å². The third kappa shape index (κ3) is 2.50. The van der Waals surface area contributed by atoms with Crippen LogP contribution >= 0.6 is 15.9 Å². The fraction of sp³-hybridized carbons (Fsp3) is 0.235. The topological polar surface area (TPSA) is 26.3 Å². The van der Waals surface area contributed by atoms with Crippen LogP contribution in [0, 0.1) is 0 Å². The molecule has 2 nitrogen and oxygen atoms in total. The van der Waals surface area contributed by atoms with Gasteiger partial charge in [-0.1, -0.05) is 58.4 Å². The first-order valence-corrected chi connectivity index (χ1v) is 7.66. The van der Waals surface area contributed by atoms with Crippen LogP contribution < -0.4 is 0 Å². The molecule has 1 saturated heterocycles. The Balaban J connectivity index is 1.94. The average molecular weight is 331 g/mol. The summed E-state index contributed by atoms with van der Waals surface area (Å²) in [7, 11) is 0. The largest absolute Gasteiger partial charge is 0.458 e. The number of benzene rings is 2. The van der Waals surface area contributed by atoms with Gasteiger partial charge in [0.25, 0.3) is 0 Å². The quantitative estimate of drug-likeness (QED) is 0.756. The second kappa shape index (κ2) is 5.80. The summed E-state index contributed by atoms with van der Waals surface area (Å²) < 4.78 is 5.49. The van der Waals surface area contributed by atoms with Crippen molar-refractivity contribution in [2.24, 2.45) is 0 Å². The summed E-state index contributed by atoms with van der Waals surface area (Å²) in [6.45, 7) is 0. The second-order valence-electron chi connectivity index (χ2n) is 4.99. The van der Waals surface area contributed by atoms with E-state index in [0.717, 1.165) is 23.8 Å². The number of hydrogen-bond acceptors (Lipinski definition) is 2. The number of hydrogen-bond donors (Lipinski definition) is 0. The van der Waals surface area contributed by atoms with Crippen molar-refractivity contribution in [2.45, 2.75) is 24.9 Å². The SMILES string of the molecule is O=C1OC(/C=C/Br)CCC1c1cccc2ccccc12. The number of ether oxygens (including phenoxy) is 1. The van der Waals surface area contributed by atoms with Gasteiger partial charge in [-0.2, -0.15) is 0 Å². The van der Waals surface area contributed by atoms with Gasteiger partial charge in [0.2, 0.25) is 0 Å². The van der Waals surface area contributed by atoms with Crippen LogP contribution in [-0.4, -0.2) is 12.1 Å².